The highest BCUT2D eigenvalue weighted by atomic mass is 16.7. The van der Waals surface area contributed by atoms with Crippen LogP contribution in [-0.4, -0.2) is 40.6 Å². The van der Waals surface area contributed by atoms with Gasteiger partial charge in [0.2, 0.25) is 6.79 Å². The third-order valence-electron chi connectivity index (χ3n) is 2.64. The lowest BCUT2D eigenvalue weighted by Crippen LogP contribution is -2.11. The van der Waals surface area contributed by atoms with E-state index in [0.29, 0.717) is 11.6 Å². The molecule has 0 fully saturated rings. The number of aromatic nitrogens is 4. The second-order valence-corrected chi connectivity index (χ2v) is 3.89. The molecule has 0 bridgehead atoms. The molecule has 3 rings (SSSR count). The van der Waals surface area contributed by atoms with Gasteiger partial charge in [-0.2, -0.15) is 0 Å². The molecule has 7 nitrogen and oxygen atoms in total. The molecule has 1 aliphatic heterocycles. The van der Waals surface area contributed by atoms with E-state index >= 15 is 0 Å². The molecule has 7 heteroatoms. The van der Waals surface area contributed by atoms with Crippen molar-refractivity contribution < 1.29 is 9.47 Å². The quantitative estimate of drug-likeness (QED) is 0.829. The van der Waals surface area contributed by atoms with Gasteiger partial charge in [0.25, 0.3) is 0 Å². The van der Waals surface area contributed by atoms with Gasteiger partial charge in [0.1, 0.15) is 0 Å². The van der Waals surface area contributed by atoms with E-state index in [2.05, 4.69) is 20.7 Å². The van der Waals surface area contributed by atoms with E-state index in [1.54, 1.807) is 0 Å². The van der Waals surface area contributed by atoms with Crippen LogP contribution in [0.1, 0.15) is 5.82 Å². The van der Waals surface area contributed by atoms with Gasteiger partial charge in [-0.25, -0.2) is 0 Å². The SMILES string of the molecule is CNCCc1nnn(-c2ccc3c(c2)OCO3)n1. The van der Waals surface area contributed by atoms with E-state index in [4.69, 9.17) is 9.47 Å². The van der Waals surface area contributed by atoms with Crippen LogP contribution >= 0.6 is 0 Å². The summed E-state index contributed by atoms with van der Waals surface area (Å²) in [6, 6.07) is 5.55. The molecule has 0 atom stereocenters. The van der Waals surface area contributed by atoms with Gasteiger partial charge >= 0.3 is 0 Å². The molecule has 2 heterocycles. The summed E-state index contributed by atoms with van der Waals surface area (Å²) in [4.78, 5) is 1.49. The van der Waals surface area contributed by atoms with Gasteiger partial charge in [-0.3, -0.25) is 0 Å². The Morgan fingerprint density at radius 2 is 2.22 bits per heavy atom. The predicted octanol–water partition coefficient (Wildman–Crippen LogP) is 0.153. The van der Waals surface area contributed by atoms with Crippen molar-refractivity contribution in [2.24, 2.45) is 0 Å². The van der Waals surface area contributed by atoms with E-state index < -0.39 is 0 Å². The number of fused-ring (bicyclic) bond motifs is 1. The number of ether oxygens (including phenoxy) is 2. The summed E-state index contributed by atoms with van der Waals surface area (Å²) in [6.07, 6.45) is 0.751. The highest BCUT2D eigenvalue weighted by Crippen LogP contribution is 2.33. The molecule has 0 amide bonds. The van der Waals surface area contributed by atoms with Gasteiger partial charge in [-0.05, 0) is 24.4 Å². The summed E-state index contributed by atoms with van der Waals surface area (Å²) < 4.78 is 10.6. The Labute approximate surface area is 104 Å². The summed E-state index contributed by atoms with van der Waals surface area (Å²) in [5.74, 6) is 2.16. The summed E-state index contributed by atoms with van der Waals surface area (Å²) in [5, 5.41) is 15.4. The zero-order valence-electron chi connectivity index (χ0n) is 9.96. The van der Waals surface area contributed by atoms with Crippen molar-refractivity contribution in [3.8, 4) is 17.2 Å². The monoisotopic (exact) mass is 247 g/mol. The Morgan fingerprint density at radius 3 is 3.11 bits per heavy atom. The van der Waals surface area contributed by atoms with Gasteiger partial charge in [0, 0.05) is 19.0 Å². The minimum atomic E-state index is 0.261. The lowest BCUT2D eigenvalue weighted by molar-refractivity contribution is 0.174. The van der Waals surface area contributed by atoms with Crippen molar-refractivity contribution in [2.75, 3.05) is 20.4 Å². The topological polar surface area (TPSA) is 74.1 Å². The standard InChI is InChI=1S/C11H13N5O2/c1-12-5-4-11-13-15-16(14-11)8-2-3-9-10(6-8)18-7-17-9/h2-3,6,12H,4-5,7H2,1H3. The van der Waals surface area contributed by atoms with Gasteiger partial charge in [0.05, 0.1) is 5.69 Å². The van der Waals surface area contributed by atoms with Crippen molar-refractivity contribution in [1.82, 2.24) is 25.5 Å². The summed E-state index contributed by atoms with van der Waals surface area (Å²) in [6.45, 7) is 1.09. The highest BCUT2D eigenvalue weighted by molar-refractivity contribution is 5.49. The maximum Gasteiger partial charge on any atom is 0.231 e. The van der Waals surface area contributed by atoms with Crippen LogP contribution in [0.3, 0.4) is 0 Å². The van der Waals surface area contributed by atoms with Crippen LogP contribution < -0.4 is 14.8 Å². The third-order valence-corrected chi connectivity index (χ3v) is 2.64. The first-order valence-electron chi connectivity index (χ1n) is 5.70. The molecule has 0 radical (unpaired) electrons. The smallest absolute Gasteiger partial charge is 0.231 e. The molecule has 2 aromatic rings. The third kappa shape index (κ3) is 2.00. The number of hydrogen-bond acceptors (Lipinski definition) is 6. The first kappa shape index (κ1) is 11.0. The number of benzene rings is 1. The molecule has 1 N–H and O–H groups in total. The van der Waals surface area contributed by atoms with Crippen LogP contribution in [0.25, 0.3) is 5.69 Å². The van der Waals surface area contributed by atoms with Crippen molar-refractivity contribution in [3.05, 3.63) is 24.0 Å². The van der Waals surface area contributed by atoms with Crippen LogP contribution in [0, 0.1) is 0 Å². The second-order valence-electron chi connectivity index (χ2n) is 3.89. The normalized spacial score (nSPS) is 12.9. The molecule has 0 saturated carbocycles. The summed E-state index contributed by atoms with van der Waals surface area (Å²) in [5.41, 5.74) is 0.808. The van der Waals surface area contributed by atoms with Gasteiger partial charge < -0.3 is 14.8 Å². The zero-order chi connectivity index (χ0) is 12.4. The Balaban J connectivity index is 1.83. The van der Waals surface area contributed by atoms with Crippen molar-refractivity contribution in [3.63, 3.8) is 0 Å². The Morgan fingerprint density at radius 1 is 1.33 bits per heavy atom. The molecular weight excluding hydrogens is 234 g/mol. The number of tetrazole rings is 1. The van der Waals surface area contributed by atoms with E-state index in [9.17, 15) is 0 Å². The molecule has 1 aromatic heterocycles. The average molecular weight is 247 g/mol. The van der Waals surface area contributed by atoms with Crippen LogP contribution in [0.5, 0.6) is 11.5 Å². The Hall–Kier alpha value is -2.15. The van der Waals surface area contributed by atoms with Crippen molar-refractivity contribution in [2.45, 2.75) is 6.42 Å². The summed E-state index contributed by atoms with van der Waals surface area (Å²) >= 11 is 0. The van der Waals surface area contributed by atoms with Gasteiger partial charge in [0.15, 0.2) is 17.3 Å². The lowest BCUT2D eigenvalue weighted by atomic mass is 10.3. The lowest BCUT2D eigenvalue weighted by Gasteiger charge is -2.00. The average Bonchev–Trinajstić information content (AvgIpc) is 3.04. The molecule has 1 aliphatic rings. The molecular formula is C11H13N5O2. The number of rotatable bonds is 4. The first-order valence-corrected chi connectivity index (χ1v) is 5.70. The molecule has 94 valence electrons. The second kappa shape index (κ2) is 4.61. The van der Waals surface area contributed by atoms with Gasteiger partial charge in [-0.1, -0.05) is 0 Å². The van der Waals surface area contributed by atoms with Crippen molar-refractivity contribution >= 4 is 0 Å². The molecule has 0 unspecified atom stereocenters. The van der Waals surface area contributed by atoms with E-state index in [0.717, 1.165) is 24.4 Å². The summed E-state index contributed by atoms with van der Waals surface area (Å²) in [7, 11) is 1.89. The van der Waals surface area contributed by atoms with Crippen LogP contribution in [0.15, 0.2) is 18.2 Å². The fourth-order valence-corrected chi connectivity index (χ4v) is 1.70. The predicted molar refractivity (Wildman–Crippen MR) is 62.9 cm³/mol. The van der Waals surface area contributed by atoms with Crippen LogP contribution in [0.2, 0.25) is 0 Å². The fourth-order valence-electron chi connectivity index (χ4n) is 1.70. The minimum Gasteiger partial charge on any atom is -0.454 e. The number of nitrogens with zero attached hydrogens (tertiary/aromatic N) is 4. The van der Waals surface area contributed by atoms with E-state index in [-0.39, 0.29) is 6.79 Å². The van der Waals surface area contributed by atoms with E-state index in [1.807, 2.05) is 25.2 Å². The van der Waals surface area contributed by atoms with Crippen LogP contribution in [-0.2, 0) is 6.42 Å². The maximum absolute atomic E-state index is 5.31. The maximum atomic E-state index is 5.31. The minimum absolute atomic E-state index is 0.261. The highest BCUT2D eigenvalue weighted by Gasteiger charge is 2.14. The van der Waals surface area contributed by atoms with Crippen LogP contribution in [0.4, 0.5) is 0 Å². The number of nitrogens with one attached hydrogen (secondary N) is 1. The van der Waals surface area contributed by atoms with Crippen molar-refractivity contribution in [1.29, 1.82) is 0 Å². The molecule has 0 saturated heterocycles. The number of hydrogen-bond donors (Lipinski definition) is 1. The Bertz CT molecular complexity index is 554. The van der Waals surface area contributed by atoms with Gasteiger partial charge in [-0.15, -0.1) is 15.0 Å². The zero-order valence-corrected chi connectivity index (χ0v) is 9.96. The number of likely N-dealkylation sites (N-methyl/N-ethyl adjacent to an activating group) is 1. The molecule has 0 spiro atoms. The first-order chi connectivity index (χ1) is 8.86. The largest absolute Gasteiger partial charge is 0.454 e. The molecule has 1 aromatic carbocycles. The van der Waals surface area contributed by atoms with E-state index in [1.165, 1.54) is 4.80 Å². The fraction of sp³-hybridized carbons (Fsp3) is 0.364. The molecule has 18 heavy (non-hydrogen) atoms. The molecule has 0 aliphatic carbocycles. The Kier molecular flexibility index (Phi) is 2.81.